The van der Waals surface area contributed by atoms with E-state index in [0.717, 1.165) is 17.8 Å². The number of aryl methyl sites for hydroxylation is 1. The lowest BCUT2D eigenvalue weighted by molar-refractivity contribution is -0.138. The second-order valence-electron chi connectivity index (χ2n) is 8.24. The quantitative estimate of drug-likeness (QED) is 0.587. The number of rotatable bonds is 6. The molecule has 0 spiro atoms. The number of aromatic nitrogens is 4. The Morgan fingerprint density at radius 3 is 2.47 bits per heavy atom. The van der Waals surface area contributed by atoms with E-state index in [1.165, 1.54) is 0 Å². The number of halogens is 3. The molecule has 0 bridgehead atoms. The van der Waals surface area contributed by atoms with E-state index in [9.17, 15) is 22.8 Å². The van der Waals surface area contributed by atoms with Crippen LogP contribution >= 0.6 is 0 Å². The normalized spacial score (nSPS) is 15.0. The molecular formula is C22H24F3N7O2. The number of piperidine rings is 1. The molecule has 0 unspecified atom stereocenters. The number of fused-ring (bicyclic) bond motifs is 1. The maximum Gasteiger partial charge on any atom is 0.419 e. The SMILES string of the molecule is CN(C(=O)CCn1cc2cccc(C(N)=O)c2n1)C1CCN(c2ncc(C(F)(F)F)cn2)CC1. The Morgan fingerprint density at radius 2 is 1.85 bits per heavy atom. The molecule has 9 nitrogen and oxygen atoms in total. The van der Waals surface area contributed by atoms with Gasteiger partial charge in [0.1, 0.15) is 5.52 Å². The van der Waals surface area contributed by atoms with Crippen molar-refractivity contribution >= 4 is 28.7 Å². The Balaban J connectivity index is 1.31. The van der Waals surface area contributed by atoms with Crippen LogP contribution in [0.4, 0.5) is 19.1 Å². The first-order valence-electron chi connectivity index (χ1n) is 10.8. The number of hydrogen-bond acceptors (Lipinski definition) is 6. The van der Waals surface area contributed by atoms with E-state index in [0.29, 0.717) is 43.6 Å². The van der Waals surface area contributed by atoms with Gasteiger partial charge in [0, 0.05) is 63.1 Å². The van der Waals surface area contributed by atoms with Crippen molar-refractivity contribution in [3.05, 3.63) is 47.9 Å². The fraction of sp³-hybridized carbons (Fsp3) is 0.409. The van der Waals surface area contributed by atoms with Crippen LogP contribution in [0.1, 0.15) is 35.2 Å². The zero-order chi connectivity index (χ0) is 24.5. The number of nitrogens with zero attached hydrogens (tertiary/aromatic N) is 6. The van der Waals surface area contributed by atoms with Gasteiger partial charge in [0.25, 0.3) is 5.91 Å². The summed E-state index contributed by atoms with van der Waals surface area (Å²) < 4.78 is 39.7. The number of carbonyl (C=O) groups excluding carboxylic acids is 2. The van der Waals surface area contributed by atoms with E-state index in [1.807, 2.05) is 11.0 Å². The first-order chi connectivity index (χ1) is 16.1. The Kier molecular flexibility index (Phi) is 6.40. The van der Waals surface area contributed by atoms with Gasteiger partial charge in [-0.3, -0.25) is 14.3 Å². The van der Waals surface area contributed by atoms with Gasteiger partial charge in [0.15, 0.2) is 0 Å². The van der Waals surface area contributed by atoms with Crippen LogP contribution in [-0.2, 0) is 17.5 Å². The van der Waals surface area contributed by atoms with Crippen LogP contribution in [0.25, 0.3) is 10.9 Å². The number of anilines is 1. The van der Waals surface area contributed by atoms with Gasteiger partial charge < -0.3 is 15.5 Å². The van der Waals surface area contributed by atoms with Crippen molar-refractivity contribution in [2.45, 2.75) is 38.0 Å². The average Bonchev–Trinajstić information content (AvgIpc) is 3.24. The maximum atomic E-state index is 12.8. The number of alkyl halides is 3. The molecule has 1 aliphatic heterocycles. The van der Waals surface area contributed by atoms with Gasteiger partial charge >= 0.3 is 6.18 Å². The Morgan fingerprint density at radius 1 is 1.18 bits per heavy atom. The highest BCUT2D eigenvalue weighted by atomic mass is 19.4. The lowest BCUT2D eigenvalue weighted by Gasteiger charge is -2.36. The molecule has 1 aliphatic rings. The molecule has 34 heavy (non-hydrogen) atoms. The summed E-state index contributed by atoms with van der Waals surface area (Å²) in [6, 6.07) is 5.18. The van der Waals surface area contributed by atoms with E-state index < -0.39 is 17.6 Å². The minimum absolute atomic E-state index is 0.0105. The highest BCUT2D eigenvalue weighted by Gasteiger charge is 2.32. The second-order valence-corrected chi connectivity index (χ2v) is 8.24. The van der Waals surface area contributed by atoms with E-state index in [4.69, 9.17) is 5.73 Å². The van der Waals surface area contributed by atoms with Crippen LogP contribution in [0, 0.1) is 0 Å². The monoisotopic (exact) mass is 475 g/mol. The van der Waals surface area contributed by atoms with Gasteiger partial charge in [0.05, 0.1) is 11.1 Å². The molecule has 1 aromatic carbocycles. The number of amides is 2. The lowest BCUT2D eigenvalue weighted by atomic mass is 10.0. The summed E-state index contributed by atoms with van der Waals surface area (Å²) in [5, 5.41) is 5.17. The molecule has 2 aromatic heterocycles. The fourth-order valence-corrected chi connectivity index (χ4v) is 4.08. The van der Waals surface area contributed by atoms with Crippen molar-refractivity contribution in [1.82, 2.24) is 24.6 Å². The third-order valence-electron chi connectivity index (χ3n) is 6.06. The number of nitrogens with two attached hydrogens (primary N) is 1. The molecule has 0 aliphatic carbocycles. The number of primary amides is 1. The first-order valence-corrected chi connectivity index (χ1v) is 10.8. The Hall–Kier alpha value is -3.70. The fourth-order valence-electron chi connectivity index (χ4n) is 4.08. The topological polar surface area (TPSA) is 110 Å². The van der Waals surface area contributed by atoms with Crippen LogP contribution in [0.2, 0.25) is 0 Å². The zero-order valence-electron chi connectivity index (χ0n) is 18.5. The van der Waals surface area contributed by atoms with Crippen molar-refractivity contribution in [2.75, 3.05) is 25.0 Å². The predicted molar refractivity (Wildman–Crippen MR) is 118 cm³/mol. The summed E-state index contributed by atoms with van der Waals surface area (Å²) in [6.45, 7) is 1.43. The standard InChI is InChI=1S/C22H24F3N7O2/c1-30(16-5-8-31(9-6-16)21-27-11-15(12-28-21)22(23,24)25)18(33)7-10-32-13-14-3-2-4-17(20(26)34)19(14)29-32/h2-4,11-13,16H,5-10H2,1H3,(H2,26,34). The van der Waals surface area contributed by atoms with E-state index in [1.54, 1.807) is 35.0 Å². The summed E-state index contributed by atoms with van der Waals surface area (Å²) in [5.74, 6) is -0.347. The highest BCUT2D eigenvalue weighted by molar-refractivity contribution is 6.04. The van der Waals surface area contributed by atoms with Crippen LogP contribution in [-0.4, -0.2) is 62.6 Å². The lowest BCUT2D eigenvalue weighted by Crippen LogP contribution is -2.46. The third kappa shape index (κ3) is 4.95. The minimum Gasteiger partial charge on any atom is -0.366 e. The molecule has 2 N–H and O–H groups in total. The van der Waals surface area contributed by atoms with E-state index in [2.05, 4.69) is 15.1 Å². The van der Waals surface area contributed by atoms with Crippen LogP contribution in [0.5, 0.6) is 0 Å². The largest absolute Gasteiger partial charge is 0.419 e. The van der Waals surface area contributed by atoms with Gasteiger partial charge in [-0.1, -0.05) is 12.1 Å². The first kappa shape index (κ1) is 23.5. The smallest absolute Gasteiger partial charge is 0.366 e. The molecule has 2 amide bonds. The van der Waals surface area contributed by atoms with Crippen molar-refractivity contribution in [3.8, 4) is 0 Å². The molecule has 12 heteroatoms. The third-order valence-corrected chi connectivity index (χ3v) is 6.06. The predicted octanol–water partition coefficient (Wildman–Crippen LogP) is 2.46. The van der Waals surface area contributed by atoms with Gasteiger partial charge in [-0.2, -0.15) is 18.3 Å². The van der Waals surface area contributed by atoms with E-state index >= 15 is 0 Å². The molecule has 180 valence electrons. The molecule has 0 radical (unpaired) electrons. The zero-order valence-corrected chi connectivity index (χ0v) is 18.5. The number of benzene rings is 1. The molecule has 0 atom stereocenters. The summed E-state index contributed by atoms with van der Waals surface area (Å²) in [5.41, 5.74) is 5.36. The van der Waals surface area contributed by atoms with Gasteiger partial charge in [0.2, 0.25) is 11.9 Å². The average molecular weight is 475 g/mol. The van der Waals surface area contributed by atoms with Crippen LogP contribution in [0.3, 0.4) is 0 Å². The summed E-state index contributed by atoms with van der Waals surface area (Å²) in [6.07, 6.45) is 0.419. The second kappa shape index (κ2) is 9.27. The highest BCUT2D eigenvalue weighted by Crippen LogP contribution is 2.29. The number of carbonyl (C=O) groups is 2. The molecule has 1 fully saturated rings. The number of hydrogen-bond donors (Lipinski definition) is 1. The van der Waals surface area contributed by atoms with Gasteiger partial charge in [-0.05, 0) is 18.9 Å². The summed E-state index contributed by atoms with van der Waals surface area (Å²) in [7, 11) is 1.75. The van der Waals surface area contributed by atoms with Gasteiger partial charge in [-0.25, -0.2) is 9.97 Å². The molecule has 3 heterocycles. The van der Waals surface area contributed by atoms with Crippen LogP contribution in [0.15, 0.2) is 36.8 Å². The summed E-state index contributed by atoms with van der Waals surface area (Å²) >= 11 is 0. The Labute approximate surface area is 193 Å². The van der Waals surface area contributed by atoms with Gasteiger partial charge in [-0.15, -0.1) is 0 Å². The van der Waals surface area contributed by atoms with Crippen molar-refractivity contribution in [1.29, 1.82) is 0 Å². The molecule has 3 aromatic rings. The maximum absolute atomic E-state index is 12.8. The van der Waals surface area contributed by atoms with Crippen LogP contribution < -0.4 is 10.6 Å². The molecule has 0 saturated carbocycles. The van der Waals surface area contributed by atoms with Crippen molar-refractivity contribution in [3.63, 3.8) is 0 Å². The molecule has 1 saturated heterocycles. The molecular weight excluding hydrogens is 451 g/mol. The van der Waals surface area contributed by atoms with Crippen molar-refractivity contribution in [2.24, 2.45) is 5.73 Å². The Bertz CT molecular complexity index is 1190. The summed E-state index contributed by atoms with van der Waals surface area (Å²) in [4.78, 5) is 35.6. The minimum atomic E-state index is -4.47. The van der Waals surface area contributed by atoms with Crippen molar-refractivity contribution < 1.29 is 22.8 Å². The molecule has 4 rings (SSSR count). The van der Waals surface area contributed by atoms with E-state index in [-0.39, 0.29) is 24.3 Å².